The largest absolute Gasteiger partial charge is 0.493 e. The van der Waals surface area contributed by atoms with Gasteiger partial charge in [-0.15, -0.1) is 0 Å². The van der Waals surface area contributed by atoms with Gasteiger partial charge in [0.1, 0.15) is 11.3 Å². The number of nitrogens with one attached hydrogen (secondary N) is 1. The molecule has 0 aliphatic carbocycles. The van der Waals surface area contributed by atoms with E-state index >= 15 is 0 Å². The van der Waals surface area contributed by atoms with E-state index < -0.39 is 17.8 Å². The van der Waals surface area contributed by atoms with Gasteiger partial charge in [0, 0.05) is 0 Å². The molecule has 28 heavy (non-hydrogen) atoms. The van der Waals surface area contributed by atoms with Crippen molar-refractivity contribution < 1.29 is 19.1 Å². The zero-order valence-corrected chi connectivity index (χ0v) is 17.6. The van der Waals surface area contributed by atoms with Gasteiger partial charge < -0.3 is 4.74 Å². The first kappa shape index (κ1) is 20.4. The molecule has 144 valence electrons. The number of carbonyl (C=O) groups excluding carboxylic acids is 3. The number of imide groups is 2. The van der Waals surface area contributed by atoms with E-state index in [4.69, 9.17) is 27.9 Å². The van der Waals surface area contributed by atoms with Crippen LogP contribution in [0.1, 0.15) is 12.5 Å². The van der Waals surface area contributed by atoms with E-state index in [0.717, 1.165) is 4.90 Å². The Morgan fingerprint density at radius 3 is 2.50 bits per heavy atom. The first-order valence-electron chi connectivity index (χ1n) is 8.10. The number of ether oxygens (including phenoxy) is 1. The van der Waals surface area contributed by atoms with Gasteiger partial charge in [0.15, 0.2) is 0 Å². The molecule has 2 aromatic rings. The topological polar surface area (TPSA) is 75.7 Å². The van der Waals surface area contributed by atoms with E-state index in [0.29, 0.717) is 22.4 Å². The number of nitrogens with zero attached hydrogens (tertiary/aromatic N) is 1. The number of rotatable bonds is 4. The van der Waals surface area contributed by atoms with Gasteiger partial charge in [-0.1, -0.05) is 29.3 Å². The minimum Gasteiger partial charge on any atom is -0.493 e. The summed E-state index contributed by atoms with van der Waals surface area (Å²) in [7, 11) is 0. The van der Waals surface area contributed by atoms with E-state index in [1.165, 1.54) is 24.3 Å². The standard InChI is InChI=1S/C19H13BrCl2N2O4/c1-2-28-16-6-3-10(8-13(16)20)7-12-17(25)23-19(27)24(18(12)26)11-4-5-14(21)15(22)9-11/h3-9H,2H2,1H3,(H,23,25,27)/b12-7+. The molecule has 0 spiro atoms. The van der Waals surface area contributed by atoms with Crippen molar-refractivity contribution >= 4 is 68.7 Å². The SMILES string of the molecule is CCOc1ccc(/C=C2\C(=O)NC(=O)N(c3ccc(Cl)c(Cl)c3)C2=O)cc1Br. The van der Waals surface area contributed by atoms with Gasteiger partial charge in [-0.2, -0.15) is 0 Å². The zero-order valence-electron chi connectivity index (χ0n) is 14.5. The molecule has 1 saturated heterocycles. The van der Waals surface area contributed by atoms with Crippen LogP contribution in [0.15, 0.2) is 46.4 Å². The first-order chi connectivity index (χ1) is 13.3. The summed E-state index contributed by atoms with van der Waals surface area (Å²) in [5, 5.41) is 2.61. The maximum absolute atomic E-state index is 12.9. The Balaban J connectivity index is 1.98. The quantitative estimate of drug-likeness (QED) is 0.499. The summed E-state index contributed by atoms with van der Waals surface area (Å²) in [6.07, 6.45) is 1.40. The minimum absolute atomic E-state index is 0.178. The maximum Gasteiger partial charge on any atom is 0.335 e. The van der Waals surface area contributed by atoms with Crippen LogP contribution in [-0.4, -0.2) is 24.5 Å². The van der Waals surface area contributed by atoms with E-state index in [9.17, 15) is 14.4 Å². The third-order valence-corrected chi connectivity index (χ3v) is 5.19. The highest BCUT2D eigenvalue weighted by molar-refractivity contribution is 9.10. The van der Waals surface area contributed by atoms with E-state index in [-0.39, 0.29) is 21.3 Å². The second-order valence-corrected chi connectivity index (χ2v) is 7.35. The molecule has 1 aliphatic rings. The lowest BCUT2D eigenvalue weighted by Gasteiger charge is -2.26. The Hall–Kier alpha value is -2.35. The van der Waals surface area contributed by atoms with Crippen LogP contribution >= 0.6 is 39.1 Å². The summed E-state index contributed by atoms with van der Waals surface area (Å²) in [5.41, 5.74) is 0.585. The maximum atomic E-state index is 12.9. The van der Waals surface area contributed by atoms with Crippen LogP contribution in [-0.2, 0) is 9.59 Å². The fraction of sp³-hybridized carbons (Fsp3) is 0.105. The molecular weight excluding hydrogens is 471 g/mol. The third kappa shape index (κ3) is 4.06. The smallest absolute Gasteiger partial charge is 0.335 e. The summed E-state index contributed by atoms with van der Waals surface area (Å²) < 4.78 is 6.11. The van der Waals surface area contributed by atoms with Crippen molar-refractivity contribution in [1.82, 2.24) is 5.32 Å². The molecule has 0 unspecified atom stereocenters. The fourth-order valence-electron chi connectivity index (χ4n) is 2.56. The molecule has 0 aromatic heterocycles. The van der Waals surface area contributed by atoms with Crippen molar-refractivity contribution in [2.45, 2.75) is 6.92 Å². The minimum atomic E-state index is -0.863. The Morgan fingerprint density at radius 1 is 1.11 bits per heavy atom. The van der Waals surface area contributed by atoms with Crippen molar-refractivity contribution in [2.24, 2.45) is 0 Å². The second kappa shape index (κ2) is 8.34. The monoisotopic (exact) mass is 482 g/mol. The van der Waals surface area contributed by atoms with Crippen LogP contribution in [0.25, 0.3) is 6.08 Å². The Bertz CT molecular complexity index is 1020. The van der Waals surface area contributed by atoms with Gasteiger partial charge in [-0.3, -0.25) is 14.9 Å². The average Bonchev–Trinajstić information content (AvgIpc) is 2.63. The molecule has 0 radical (unpaired) electrons. The van der Waals surface area contributed by atoms with E-state index in [2.05, 4.69) is 21.2 Å². The highest BCUT2D eigenvalue weighted by Gasteiger charge is 2.37. The molecular formula is C19H13BrCl2N2O4. The Morgan fingerprint density at radius 2 is 1.86 bits per heavy atom. The lowest BCUT2D eigenvalue weighted by atomic mass is 10.1. The lowest BCUT2D eigenvalue weighted by Crippen LogP contribution is -2.54. The summed E-state index contributed by atoms with van der Waals surface area (Å²) in [4.78, 5) is 38.2. The number of amides is 4. The van der Waals surface area contributed by atoms with Crippen molar-refractivity contribution in [3.8, 4) is 5.75 Å². The van der Waals surface area contributed by atoms with Crippen molar-refractivity contribution in [3.05, 3.63) is 62.1 Å². The van der Waals surface area contributed by atoms with E-state index in [1.54, 1.807) is 18.2 Å². The normalized spacial score (nSPS) is 15.8. The van der Waals surface area contributed by atoms with Crippen LogP contribution < -0.4 is 15.0 Å². The second-order valence-electron chi connectivity index (χ2n) is 5.68. The predicted molar refractivity (Wildman–Crippen MR) is 111 cm³/mol. The number of benzene rings is 2. The number of hydrogen-bond acceptors (Lipinski definition) is 4. The number of barbiturate groups is 1. The van der Waals surface area contributed by atoms with E-state index in [1.807, 2.05) is 6.92 Å². The van der Waals surface area contributed by atoms with Gasteiger partial charge in [0.2, 0.25) is 0 Å². The lowest BCUT2D eigenvalue weighted by molar-refractivity contribution is -0.122. The van der Waals surface area contributed by atoms with Gasteiger partial charge in [0.25, 0.3) is 11.8 Å². The van der Waals surface area contributed by atoms with Gasteiger partial charge in [0.05, 0.1) is 26.8 Å². The molecule has 0 saturated carbocycles. The summed E-state index contributed by atoms with van der Waals surface area (Å²) in [6, 6.07) is 8.56. The highest BCUT2D eigenvalue weighted by atomic mass is 79.9. The predicted octanol–water partition coefficient (Wildman–Crippen LogP) is 4.82. The molecule has 0 bridgehead atoms. The Labute approximate surface area is 179 Å². The van der Waals surface area contributed by atoms with Crippen molar-refractivity contribution in [1.29, 1.82) is 0 Å². The van der Waals surface area contributed by atoms with Crippen LogP contribution in [0.3, 0.4) is 0 Å². The van der Waals surface area contributed by atoms with Crippen LogP contribution in [0.4, 0.5) is 10.5 Å². The van der Waals surface area contributed by atoms with Crippen molar-refractivity contribution in [2.75, 3.05) is 11.5 Å². The fourth-order valence-corrected chi connectivity index (χ4v) is 3.37. The number of carbonyl (C=O) groups is 3. The average molecular weight is 484 g/mol. The third-order valence-electron chi connectivity index (χ3n) is 3.83. The molecule has 3 rings (SSSR count). The molecule has 9 heteroatoms. The van der Waals surface area contributed by atoms with Crippen LogP contribution in [0.5, 0.6) is 5.75 Å². The molecule has 1 fully saturated rings. The zero-order chi connectivity index (χ0) is 20.4. The van der Waals surface area contributed by atoms with Crippen LogP contribution in [0, 0.1) is 0 Å². The number of halogens is 3. The summed E-state index contributed by atoms with van der Waals surface area (Å²) in [6.45, 7) is 2.36. The molecule has 1 heterocycles. The molecule has 1 aliphatic heterocycles. The highest BCUT2D eigenvalue weighted by Crippen LogP contribution is 2.30. The van der Waals surface area contributed by atoms with Gasteiger partial charge in [-0.05, 0) is 64.8 Å². The molecule has 2 aromatic carbocycles. The van der Waals surface area contributed by atoms with Crippen LogP contribution in [0.2, 0.25) is 10.0 Å². The summed E-state index contributed by atoms with van der Waals surface area (Å²) >= 11 is 15.3. The number of anilines is 1. The Kier molecular flexibility index (Phi) is 6.07. The number of urea groups is 1. The van der Waals surface area contributed by atoms with Gasteiger partial charge in [-0.25, -0.2) is 9.69 Å². The summed E-state index contributed by atoms with van der Waals surface area (Å²) in [5.74, 6) is -0.912. The molecule has 6 nitrogen and oxygen atoms in total. The van der Waals surface area contributed by atoms with Gasteiger partial charge >= 0.3 is 6.03 Å². The molecule has 4 amide bonds. The number of hydrogen-bond donors (Lipinski definition) is 1. The molecule has 1 N–H and O–H groups in total. The molecule has 0 atom stereocenters. The van der Waals surface area contributed by atoms with Crippen molar-refractivity contribution in [3.63, 3.8) is 0 Å². The first-order valence-corrected chi connectivity index (χ1v) is 9.65.